The Kier molecular flexibility index (Phi) is 5.58. The summed E-state index contributed by atoms with van der Waals surface area (Å²) in [5, 5.41) is 2.86. The lowest BCUT2D eigenvalue weighted by atomic mass is 10.2. The molecule has 136 valence electrons. The van der Waals surface area contributed by atoms with Crippen molar-refractivity contribution in [1.82, 2.24) is 4.90 Å². The van der Waals surface area contributed by atoms with Gasteiger partial charge in [-0.3, -0.25) is 9.59 Å². The van der Waals surface area contributed by atoms with E-state index in [-0.39, 0.29) is 18.4 Å². The molecule has 0 saturated heterocycles. The fourth-order valence-corrected chi connectivity index (χ4v) is 3.14. The first-order valence-electron chi connectivity index (χ1n) is 8.23. The molecule has 0 atom stereocenters. The van der Waals surface area contributed by atoms with Gasteiger partial charge in [-0.25, -0.2) is 0 Å². The van der Waals surface area contributed by atoms with Gasteiger partial charge in [-0.05, 0) is 54.3 Å². The first-order chi connectivity index (χ1) is 12.5. The maximum atomic E-state index is 12.4. The molecule has 0 bridgehead atoms. The number of carbonyl (C=O) groups is 2. The van der Waals surface area contributed by atoms with Crippen LogP contribution in [-0.2, 0) is 4.79 Å². The van der Waals surface area contributed by atoms with E-state index in [0.29, 0.717) is 23.5 Å². The van der Waals surface area contributed by atoms with Crippen LogP contribution >= 0.6 is 15.9 Å². The van der Waals surface area contributed by atoms with Crippen molar-refractivity contribution in [3.63, 3.8) is 0 Å². The first-order valence-corrected chi connectivity index (χ1v) is 9.03. The van der Waals surface area contributed by atoms with Crippen LogP contribution in [0.2, 0.25) is 0 Å². The molecule has 1 N–H and O–H groups in total. The molecule has 26 heavy (non-hydrogen) atoms. The van der Waals surface area contributed by atoms with E-state index in [0.717, 1.165) is 16.7 Å². The van der Waals surface area contributed by atoms with Gasteiger partial charge >= 0.3 is 0 Å². The fourth-order valence-electron chi connectivity index (χ4n) is 2.67. The molecule has 0 saturated carbocycles. The van der Waals surface area contributed by atoms with Crippen molar-refractivity contribution in [1.29, 1.82) is 0 Å². The third kappa shape index (κ3) is 4.05. The minimum Gasteiger partial charge on any atom is -0.481 e. The number of ether oxygens (including phenoxy) is 1. The molecule has 2 aromatic carbocycles. The van der Waals surface area contributed by atoms with Crippen molar-refractivity contribution >= 4 is 39.1 Å². The summed E-state index contributed by atoms with van der Waals surface area (Å²) in [5.41, 5.74) is 1.89. The Morgan fingerprint density at radius 3 is 2.77 bits per heavy atom. The summed E-state index contributed by atoms with van der Waals surface area (Å²) in [4.78, 5) is 28.4. The highest BCUT2D eigenvalue weighted by molar-refractivity contribution is 9.10. The average molecular weight is 418 g/mol. The number of likely N-dealkylation sites (N-methyl/N-ethyl adjacent to an activating group) is 1. The van der Waals surface area contributed by atoms with E-state index in [9.17, 15) is 9.59 Å². The first kappa shape index (κ1) is 18.4. The zero-order chi connectivity index (χ0) is 18.7. The van der Waals surface area contributed by atoms with Gasteiger partial charge in [0.15, 0.2) is 6.61 Å². The van der Waals surface area contributed by atoms with Crippen molar-refractivity contribution in [2.45, 2.75) is 0 Å². The van der Waals surface area contributed by atoms with Gasteiger partial charge in [0.2, 0.25) is 0 Å². The molecule has 3 rings (SSSR count). The van der Waals surface area contributed by atoms with Gasteiger partial charge in [-0.2, -0.15) is 0 Å². The number of halogens is 1. The Morgan fingerprint density at radius 1 is 1.27 bits per heavy atom. The van der Waals surface area contributed by atoms with E-state index < -0.39 is 0 Å². The summed E-state index contributed by atoms with van der Waals surface area (Å²) in [6.45, 7) is 1.35. The number of hydrogen-bond acceptors (Lipinski definition) is 4. The smallest absolute Gasteiger partial charge is 0.265 e. The van der Waals surface area contributed by atoms with Crippen molar-refractivity contribution in [2.24, 2.45) is 0 Å². The Labute approximate surface area is 160 Å². The molecule has 0 aliphatic carbocycles. The monoisotopic (exact) mass is 417 g/mol. The third-order valence-electron chi connectivity index (χ3n) is 4.05. The van der Waals surface area contributed by atoms with Crippen molar-refractivity contribution in [3.8, 4) is 5.75 Å². The Bertz CT molecular complexity index is 839. The number of amides is 2. The fraction of sp³-hybridized carbons (Fsp3) is 0.263. The molecule has 0 aromatic heterocycles. The molecule has 7 heteroatoms. The van der Waals surface area contributed by atoms with Crippen molar-refractivity contribution < 1.29 is 14.3 Å². The number of carbonyl (C=O) groups excluding carboxylic acids is 2. The second-order valence-electron chi connectivity index (χ2n) is 6.25. The molecule has 0 radical (unpaired) electrons. The second-order valence-corrected chi connectivity index (χ2v) is 7.11. The lowest BCUT2D eigenvalue weighted by Gasteiger charge is -2.30. The number of nitrogens with zero attached hydrogens (tertiary/aromatic N) is 2. The standard InChI is InChI=1S/C19H20BrN3O3/c1-22(2)9-10-23-16-8-7-13(11-17(16)26-12-18(23)24)21-19(25)14-5-3-4-6-15(14)20/h3-8,11H,9-10,12H2,1-2H3,(H,21,25). The molecular weight excluding hydrogens is 398 g/mol. The molecule has 0 unspecified atom stereocenters. The Morgan fingerprint density at radius 2 is 2.04 bits per heavy atom. The number of anilines is 2. The molecule has 1 aliphatic rings. The van der Waals surface area contributed by atoms with Crippen LogP contribution < -0.4 is 15.0 Å². The van der Waals surface area contributed by atoms with Crippen LogP contribution in [0.3, 0.4) is 0 Å². The predicted molar refractivity (Wildman–Crippen MR) is 105 cm³/mol. The van der Waals surface area contributed by atoms with Gasteiger partial charge in [0.1, 0.15) is 5.75 Å². The topological polar surface area (TPSA) is 61.9 Å². The number of hydrogen-bond donors (Lipinski definition) is 1. The van der Waals surface area contributed by atoms with E-state index in [1.54, 1.807) is 29.2 Å². The lowest BCUT2D eigenvalue weighted by molar-refractivity contribution is -0.121. The largest absolute Gasteiger partial charge is 0.481 e. The quantitative estimate of drug-likeness (QED) is 0.811. The molecule has 2 amide bonds. The second kappa shape index (κ2) is 7.88. The minimum atomic E-state index is -0.214. The maximum Gasteiger partial charge on any atom is 0.265 e. The van der Waals surface area contributed by atoms with E-state index in [1.165, 1.54) is 0 Å². The normalized spacial score (nSPS) is 13.4. The van der Waals surface area contributed by atoms with Crippen LogP contribution in [0, 0.1) is 0 Å². The summed E-state index contributed by atoms with van der Waals surface area (Å²) in [6, 6.07) is 12.6. The van der Waals surface area contributed by atoms with Crippen LogP contribution in [0.25, 0.3) is 0 Å². The molecule has 0 spiro atoms. The van der Waals surface area contributed by atoms with E-state index >= 15 is 0 Å². The van der Waals surface area contributed by atoms with Crippen LogP contribution in [0.1, 0.15) is 10.4 Å². The van der Waals surface area contributed by atoms with Crippen LogP contribution in [0.15, 0.2) is 46.9 Å². The lowest BCUT2D eigenvalue weighted by Crippen LogP contribution is -2.42. The zero-order valence-corrected chi connectivity index (χ0v) is 16.2. The Balaban J connectivity index is 1.79. The molecule has 1 heterocycles. The highest BCUT2D eigenvalue weighted by Crippen LogP contribution is 2.34. The number of benzene rings is 2. The van der Waals surface area contributed by atoms with Crippen LogP contribution in [0.5, 0.6) is 5.75 Å². The number of fused-ring (bicyclic) bond motifs is 1. The summed E-state index contributed by atoms with van der Waals surface area (Å²) in [6.07, 6.45) is 0. The molecule has 1 aliphatic heterocycles. The molecular formula is C19H20BrN3O3. The maximum absolute atomic E-state index is 12.4. The average Bonchev–Trinajstić information content (AvgIpc) is 2.61. The zero-order valence-electron chi connectivity index (χ0n) is 14.7. The number of nitrogens with one attached hydrogen (secondary N) is 1. The Hall–Kier alpha value is -2.38. The van der Waals surface area contributed by atoms with Gasteiger partial charge in [0.05, 0.1) is 11.3 Å². The summed E-state index contributed by atoms with van der Waals surface area (Å²) in [7, 11) is 3.93. The highest BCUT2D eigenvalue weighted by atomic mass is 79.9. The van der Waals surface area contributed by atoms with E-state index in [4.69, 9.17) is 4.74 Å². The molecule has 6 nitrogen and oxygen atoms in total. The molecule has 0 fully saturated rings. The van der Waals surface area contributed by atoms with Gasteiger partial charge in [-0.1, -0.05) is 12.1 Å². The van der Waals surface area contributed by atoms with Crippen LogP contribution in [0.4, 0.5) is 11.4 Å². The van der Waals surface area contributed by atoms with Gasteiger partial charge in [0.25, 0.3) is 11.8 Å². The summed E-state index contributed by atoms with van der Waals surface area (Å²) >= 11 is 3.38. The van der Waals surface area contributed by atoms with E-state index in [2.05, 4.69) is 21.2 Å². The van der Waals surface area contributed by atoms with Gasteiger partial charge < -0.3 is 19.9 Å². The summed E-state index contributed by atoms with van der Waals surface area (Å²) in [5.74, 6) is 0.311. The SMILES string of the molecule is CN(C)CCN1C(=O)COc2cc(NC(=O)c3ccccc3Br)ccc21. The number of rotatable bonds is 5. The van der Waals surface area contributed by atoms with Gasteiger partial charge in [-0.15, -0.1) is 0 Å². The third-order valence-corrected chi connectivity index (χ3v) is 4.74. The van der Waals surface area contributed by atoms with Crippen molar-refractivity contribution in [3.05, 3.63) is 52.5 Å². The summed E-state index contributed by atoms with van der Waals surface area (Å²) < 4.78 is 6.29. The van der Waals surface area contributed by atoms with Gasteiger partial charge in [0, 0.05) is 29.3 Å². The predicted octanol–water partition coefficient (Wildman–Crippen LogP) is 2.99. The van der Waals surface area contributed by atoms with Crippen molar-refractivity contribution in [2.75, 3.05) is 44.0 Å². The minimum absolute atomic E-state index is 0.00205. The van der Waals surface area contributed by atoms with Crippen LogP contribution in [-0.4, -0.2) is 50.5 Å². The highest BCUT2D eigenvalue weighted by Gasteiger charge is 2.25. The van der Waals surface area contributed by atoms with E-state index in [1.807, 2.05) is 37.2 Å². The molecule has 2 aromatic rings.